The molecule has 0 aliphatic heterocycles. The van der Waals surface area contributed by atoms with Gasteiger partial charge in [-0.05, 0) is 45.5 Å². The second-order valence-corrected chi connectivity index (χ2v) is 5.75. The van der Waals surface area contributed by atoms with E-state index in [1.165, 1.54) is 25.3 Å². The molecule has 0 bridgehead atoms. The van der Waals surface area contributed by atoms with Crippen molar-refractivity contribution in [2.24, 2.45) is 0 Å². The number of hydrogen-bond acceptors (Lipinski definition) is 2. The fourth-order valence-corrected chi connectivity index (χ4v) is 2.62. The quantitative estimate of drug-likeness (QED) is 0.885. The van der Waals surface area contributed by atoms with Gasteiger partial charge >= 0.3 is 0 Å². The number of halogens is 2. The van der Waals surface area contributed by atoms with Crippen molar-refractivity contribution < 1.29 is 4.39 Å². The summed E-state index contributed by atoms with van der Waals surface area (Å²) >= 11 is 5.73. The van der Waals surface area contributed by atoms with Crippen molar-refractivity contribution >= 4 is 11.6 Å². The summed E-state index contributed by atoms with van der Waals surface area (Å²) in [4.78, 5) is 2.28. The van der Waals surface area contributed by atoms with E-state index in [1.807, 2.05) is 0 Å². The van der Waals surface area contributed by atoms with Crippen LogP contribution < -0.4 is 5.32 Å². The number of benzene rings is 1. The fourth-order valence-electron chi connectivity index (χ4n) is 2.46. The molecular formula is C14H20ClFN2. The van der Waals surface area contributed by atoms with Crippen LogP contribution in [0.25, 0.3) is 0 Å². The van der Waals surface area contributed by atoms with E-state index in [9.17, 15) is 4.39 Å². The smallest absolute Gasteiger partial charge is 0.129 e. The first-order chi connectivity index (χ1) is 8.53. The molecule has 0 atom stereocenters. The second kappa shape index (κ2) is 5.55. The highest BCUT2D eigenvalue weighted by Gasteiger charge is 2.38. The maximum atomic E-state index is 13.6. The van der Waals surface area contributed by atoms with Gasteiger partial charge in [-0.15, -0.1) is 0 Å². The molecule has 1 aromatic carbocycles. The zero-order valence-corrected chi connectivity index (χ0v) is 11.7. The predicted octanol–water partition coefficient (Wildman–Crippen LogP) is 3.05. The van der Waals surface area contributed by atoms with Crippen molar-refractivity contribution in [3.05, 3.63) is 34.6 Å². The highest BCUT2D eigenvalue weighted by atomic mass is 35.5. The standard InChI is InChI=1S/C14H20ClFN2/c1-18(2)14(6-3-7-14)10-17-9-11-4-5-12(15)8-13(11)16/h4-5,8,17H,3,6-7,9-10H2,1-2H3. The third-order valence-corrected chi connectivity index (χ3v) is 4.25. The number of likely N-dealkylation sites (N-methyl/N-ethyl adjacent to an activating group) is 1. The molecule has 100 valence electrons. The highest BCUT2D eigenvalue weighted by Crippen LogP contribution is 2.35. The lowest BCUT2D eigenvalue weighted by Gasteiger charge is -2.47. The Morgan fingerprint density at radius 2 is 2.11 bits per heavy atom. The monoisotopic (exact) mass is 270 g/mol. The SMILES string of the molecule is CN(C)C1(CNCc2ccc(Cl)cc2F)CCC1. The van der Waals surface area contributed by atoms with Crippen LogP contribution in [0.3, 0.4) is 0 Å². The first kappa shape index (κ1) is 13.8. The van der Waals surface area contributed by atoms with Crippen LogP contribution in [0.4, 0.5) is 4.39 Å². The molecule has 2 rings (SSSR count). The van der Waals surface area contributed by atoms with Gasteiger partial charge in [0.2, 0.25) is 0 Å². The van der Waals surface area contributed by atoms with Gasteiger partial charge in [-0.2, -0.15) is 0 Å². The molecule has 18 heavy (non-hydrogen) atoms. The van der Waals surface area contributed by atoms with Crippen LogP contribution in [-0.4, -0.2) is 31.1 Å². The summed E-state index contributed by atoms with van der Waals surface area (Å²) in [5.41, 5.74) is 0.940. The van der Waals surface area contributed by atoms with Crippen LogP contribution in [-0.2, 0) is 6.54 Å². The normalized spacial score (nSPS) is 17.8. The molecule has 0 unspecified atom stereocenters. The maximum absolute atomic E-state index is 13.6. The van der Waals surface area contributed by atoms with E-state index in [1.54, 1.807) is 12.1 Å². The maximum Gasteiger partial charge on any atom is 0.129 e. The number of nitrogens with one attached hydrogen (secondary N) is 1. The van der Waals surface area contributed by atoms with Gasteiger partial charge in [0.15, 0.2) is 0 Å². The zero-order valence-electron chi connectivity index (χ0n) is 11.0. The van der Waals surface area contributed by atoms with E-state index >= 15 is 0 Å². The third kappa shape index (κ3) is 2.85. The average molecular weight is 271 g/mol. The van der Waals surface area contributed by atoms with Gasteiger partial charge in [-0.3, -0.25) is 0 Å². The van der Waals surface area contributed by atoms with Crippen molar-refractivity contribution in [2.75, 3.05) is 20.6 Å². The Morgan fingerprint density at radius 3 is 2.61 bits per heavy atom. The molecule has 1 aliphatic rings. The van der Waals surface area contributed by atoms with Crippen LogP contribution in [0, 0.1) is 5.82 Å². The Morgan fingerprint density at radius 1 is 1.39 bits per heavy atom. The first-order valence-electron chi connectivity index (χ1n) is 6.36. The highest BCUT2D eigenvalue weighted by molar-refractivity contribution is 6.30. The van der Waals surface area contributed by atoms with E-state index in [2.05, 4.69) is 24.3 Å². The zero-order chi connectivity index (χ0) is 13.2. The van der Waals surface area contributed by atoms with Gasteiger partial charge in [-0.1, -0.05) is 17.7 Å². The lowest BCUT2D eigenvalue weighted by molar-refractivity contribution is 0.0597. The lowest BCUT2D eigenvalue weighted by Crippen LogP contribution is -2.56. The Balaban J connectivity index is 1.88. The van der Waals surface area contributed by atoms with Crippen molar-refractivity contribution in [2.45, 2.75) is 31.3 Å². The second-order valence-electron chi connectivity index (χ2n) is 5.31. The summed E-state index contributed by atoms with van der Waals surface area (Å²) in [7, 11) is 4.23. The molecule has 0 aromatic heterocycles. The van der Waals surface area contributed by atoms with Crippen molar-refractivity contribution in [3.8, 4) is 0 Å². The van der Waals surface area contributed by atoms with Crippen LogP contribution in [0.2, 0.25) is 5.02 Å². The van der Waals surface area contributed by atoms with Gasteiger partial charge in [0.05, 0.1) is 0 Å². The van der Waals surface area contributed by atoms with Crippen molar-refractivity contribution in [1.29, 1.82) is 0 Å². The van der Waals surface area contributed by atoms with Crippen molar-refractivity contribution in [1.82, 2.24) is 10.2 Å². The van der Waals surface area contributed by atoms with Crippen LogP contribution >= 0.6 is 11.6 Å². The largest absolute Gasteiger partial charge is 0.311 e. The minimum absolute atomic E-state index is 0.234. The molecule has 1 aromatic rings. The predicted molar refractivity (Wildman–Crippen MR) is 73.4 cm³/mol. The molecular weight excluding hydrogens is 251 g/mol. The summed E-state index contributed by atoms with van der Waals surface area (Å²) in [6.45, 7) is 1.46. The van der Waals surface area contributed by atoms with Crippen LogP contribution in [0.1, 0.15) is 24.8 Å². The molecule has 1 N–H and O–H groups in total. The molecule has 0 radical (unpaired) electrons. The summed E-state index contributed by atoms with van der Waals surface area (Å²) in [5, 5.41) is 3.81. The number of nitrogens with zero attached hydrogens (tertiary/aromatic N) is 1. The number of rotatable bonds is 5. The summed E-state index contributed by atoms with van der Waals surface area (Å²) < 4.78 is 13.6. The first-order valence-corrected chi connectivity index (χ1v) is 6.73. The molecule has 1 fully saturated rings. The summed E-state index contributed by atoms with van der Waals surface area (Å²) in [6, 6.07) is 4.84. The van der Waals surface area contributed by atoms with Gasteiger partial charge < -0.3 is 10.2 Å². The molecule has 4 heteroatoms. The third-order valence-electron chi connectivity index (χ3n) is 4.02. The Kier molecular flexibility index (Phi) is 4.25. The van der Waals surface area contributed by atoms with E-state index in [0.29, 0.717) is 17.1 Å². The molecule has 2 nitrogen and oxygen atoms in total. The topological polar surface area (TPSA) is 15.3 Å². The molecule has 0 saturated heterocycles. The van der Waals surface area contributed by atoms with Gasteiger partial charge in [0.25, 0.3) is 0 Å². The van der Waals surface area contributed by atoms with E-state index in [-0.39, 0.29) is 11.4 Å². The van der Waals surface area contributed by atoms with Gasteiger partial charge in [0, 0.05) is 29.2 Å². The van der Waals surface area contributed by atoms with E-state index in [0.717, 1.165) is 6.54 Å². The summed E-state index contributed by atoms with van der Waals surface area (Å²) in [5.74, 6) is -0.234. The van der Waals surface area contributed by atoms with Gasteiger partial charge in [0.1, 0.15) is 5.82 Å². The van der Waals surface area contributed by atoms with Gasteiger partial charge in [-0.25, -0.2) is 4.39 Å². The minimum atomic E-state index is -0.234. The van der Waals surface area contributed by atoms with Crippen LogP contribution in [0.5, 0.6) is 0 Å². The molecule has 0 spiro atoms. The molecule has 0 amide bonds. The molecule has 0 heterocycles. The Bertz CT molecular complexity index is 416. The minimum Gasteiger partial charge on any atom is -0.311 e. The molecule has 1 saturated carbocycles. The van der Waals surface area contributed by atoms with E-state index in [4.69, 9.17) is 11.6 Å². The number of hydrogen-bond donors (Lipinski definition) is 1. The van der Waals surface area contributed by atoms with E-state index < -0.39 is 0 Å². The Labute approximate surface area is 113 Å². The summed E-state index contributed by atoms with van der Waals surface area (Å²) in [6.07, 6.45) is 3.72. The molecule has 1 aliphatic carbocycles. The van der Waals surface area contributed by atoms with Crippen LogP contribution in [0.15, 0.2) is 18.2 Å². The Hall–Kier alpha value is -0.640. The average Bonchev–Trinajstić information content (AvgIpc) is 2.24. The van der Waals surface area contributed by atoms with Crippen molar-refractivity contribution in [3.63, 3.8) is 0 Å². The fraction of sp³-hybridized carbons (Fsp3) is 0.571. The lowest BCUT2D eigenvalue weighted by atomic mass is 9.75.